The van der Waals surface area contributed by atoms with Crippen molar-refractivity contribution in [2.75, 3.05) is 0 Å². The standard InChI is InChI=1S/C17H20N2O4S/c1-12-11-24-17(22)19(12)9-8-15(20)23-13(2)16(21)18-10-14-6-4-3-5-7-14/h3-7,11,13H,8-10H2,1-2H3,(H,18,21)/t13-/m1/s1. The number of carbonyl (C=O) groups excluding carboxylic acids is 2. The molecule has 1 heterocycles. The van der Waals surface area contributed by atoms with Gasteiger partial charge in [-0.25, -0.2) is 0 Å². The number of rotatable bonds is 7. The van der Waals surface area contributed by atoms with Gasteiger partial charge in [0.25, 0.3) is 5.91 Å². The molecule has 7 heteroatoms. The average Bonchev–Trinajstić information content (AvgIpc) is 2.90. The molecule has 0 aliphatic carbocycles. The fraction of sp³-hybridized carbons (Fsp3) is 0.353. The van der Waals surface area contributed by atoms with Crippen molar-refractivity contribution in [2.24, 2.45) is 0 Å². The van der Waals surface area contributed by atoms with Crippen molar-refractivity contribution >= 4 is 23.2 Å². The van der Waals surface area contributed by atoms with Crippen LogP contribution in [0.5, 0.6) is 0 Å². The van der Waals surface area contributed by atoms with Gasteiger partial charge in [-0.05, 0) is 19.4 Å². The Bertz CT molecular complexity index is 751. The van der Waals surface area contributed by atoms with Gasteiger partial charge in [-0.15, -0.1) is 0 Å². The van der Waals surface area contributed by atoms with E-state index in [1.807, 2.05) is 37.3 Å². The number of esters is 1. The first-order valence-electron chi connectivity index (χ1n) is 7.63. The monoisotopic (exact) mass is 348 g/mol. The minimum absolute atomic E-state index is 0.0494. The zero-order valence-corrected chi connectivity index (χ0v) is 14.5. The van der Waals surface area contributed by atoms with Gasteiger partial charge in [0.1, 0.15) is 0 Å². The van der Waals surface area contributed by atoms with Gasteiger partial charge in [-0.2, -0.15) is 0 Å². The van der Waals surface area contributed by atoms with Crippen molar-refractivity contribution in [3.63, 3.8) is 0 Å². The van der Waals surface area contributed by atoms with Crippen molar-refractivity contribution in [3.05, 3.63) is 56.6 Å². The molecule has 1 aromatic heterocycles. The van der Waals surface area contributed by atoms with E-state index in [0.29, 0.717) is 6.54 Å². The fourth-order valence-electron chi connectivity index (χ4n) is 2.12. The van der Waals surface area contributed by atoms with Gasteiger partial charge in [-0.1, -0.05) is 41.7 Å². The summed E-state index contributed by atoms with van der Waals surface area (Å²) in [6, 6.07) is 9.48. The van der Waals surface area contributed by atoms with Crippen LogP contribution < -0.4 is 10.2 Å². The lowest BCUT2D eigenvalue weighted by atomic mass is 10.2. The summed E-state index contributed by atoms with van der Waals surface area (Å²) in [5.41, 5.74) is 1.78. The number of hydrogen-bond donors (Lipinski definition) is 1. The van der Waals surface area contributed by atoms with Crippen LogP contribution in [0.25, 0.3) is 0 Å². The van der Waals surface area contributed by atoms with E-state index in [0.717, 1.165) is 22.6 Å². The van der Waals surface area contributed by atoms with E-state index in [4.69, 9.17) is 4.74 Å². The molecule has 128 valence electrons. The second-order valence-electron chi connectivity index (χ2n) is 5.38. The van der Waals surface area contributed by atoms with E-state index in [9.17, 15) is 14.4 Å². The van der Waals surface area contributed by atoms with E-state index < -0.39 is 12.1 Å². The summed E-state index contributed by atoms with van der Waals surface area (Å²) in [6.45, 7) is 3.97. The molecule has 1 amide bonds. The van der Waals surface area contributed by atoms with Gasteiger partial charge in [0, 0.05) is 24.2 Å². The second kappa shape index (κ2) is 8.44. The summed E-state index contributed by atoms with van der Waals surface area (Å²) < 4.78 is 6.64. The summed E-state index contributed by atoms with van der Waals surface area (Å²) in [4.78, 5) is 35.3. The number of hydrogen-bond acceptors (Lipinski definition) is 5. The number of ether oxygens (including phenoxy) is 1. The van der Waals surface area contributed by atoms with Crippen LogP contribution in [-0.2, 0) is 27.4 Å². The molecule has 1 atom stereocenters. The first-order chi connectivity index (χ1) is 11.5. The highest BCUT2D eigenvalue weighted by Crippen LogP contribution is 2.03. The molecule has 0 saturated carbocycles. The summed E-state index contributed by atoms with van der Waals surface area (Å²) in [5.74, 6) is -0.856. The number of thiazole rings is 1. The molecule has 0 saturated heterocycles. The topological polar surface area (TPSA) is 77.4 Å². The van der Waals surface area contributed by atoms with E-state index in [1.54, 1.807) is 5.38 Å². The normalized spacial score (nSPS) is 11.8. The molecular formula is C17H20N2O4S. The fourth-order valence-corrected chi connectivity index (χ4v) is 2.88. The molecule has 6 nitrogen and oxygen atoms in total. The second-order valence-corrected chi connectivity index (χ2v) is 6.20. The van der Waals surface area contributed by atoms with E-state index >= 15 is 0 Å². The van der Waals surface area contributed by atoms with Crippen LogP contribution >= 0.6 is 11.3 Å². The first kappa shape index (κ1) is 17.9. The Balaban J connectivity index is 1.76. The van der Waals surface area contributed by atoms with E-state index in [1.165, 1.54) is 11.5 Å². The van der Waals surface area contributed by atoms with Crippen molar-refractivity contribution in [1.82, 2.24) is 9.88 Å². The smallest absolute Gasteiger partial charge is 0.308 e. The largest absolute Gasteiger partial charge is 0.452 e. The number of benzene rings is 1. The van der Waals surface area contributed by atoms with Crippen LogP contribution in [-0.4, -0.2) is 22.5 Å². The number of nitrogens with one attached hydrogen (secondary N) is 1. The van der Waals surface area contributed by atoms with Crippen LogP contribution in [0.4, 0.5) is 0 Å². The molecule has 1 aromatic carbocycles. The third-order valence-corrected chi connectivity index (χ3v) is 4.38. The number of aryl methyl sites for hydroxylation is 1. The quantitative estimate of drug-likeness (QED) is 0.775. The minimum Gasteiger partial charge on any atom is -0.452 e. The van der Waals surface area contributed by atoms with Gasteiger partial charge in [-0.3, -0.25) is 14.4 Å². The predicted molar refractivity (Wildman–Crippen MR) is 91.8 cm³/mol. The molecule has 0 aliphatic heterocycles. The molecule has 0 aliphatic rings. The molecule has 0 bridgehead atoms. The number of amides is 1. The van der Waals surface area contributed by atoms with Gasteiger partial charge in [0.15, 0.2) is 6.10 Å². The minimum atomic E-state index is -0.874. The van der Waals surface area contributed by atoms with Crippen LogP contribution in [0, 0.1) is 6.92 Å². The molecule has 24 heavy (non-hydrogen) atoms. The van der Waals surface area contributed by atoms with Gasteiger partial charge in [0.05, 0.1) is 6.42 Å². The highest BCUT2D eigenvalue weighted by molar-refractivity contribution is 7.07. The zero-order valence-electron chi connectivity index (χ0n) is 13.7. The van der Waals surface area contributed by atoms with Gasteiger partial charge in [0.2, 0.25) is 0 Å². The Morgan fingerprint density at radius 3 is 2.62 bits per heavy atom. The predicted octanol–water partition coefficient (Wildman–Crippen LogP) is 1.86. The van der Waals surface area contributed by atoms with Crippen molar-refractivity contribution in [2.45, 2.75) is 39.5 Å². The van der Waals surface area contributed by atoms with Gasteiger partial charge < -0.3 is 14.6 Å². The lowest BCUT2D eigenvalue weighted by molar-refractivity contribution is -0.155. The van der Waals surface area contributed by atoms with Crippen molar-refractivity contribution in [1.29, 1.82) is 0 Å². The molecule has 2 rings (SSSR count). The molecule has 0 spiro atoms. The Kier molecular flexibility index (Phi) is 6.31. The highest BCUT2D eigenvalue weighted by atomic mass is 32.1. The molecule has 0 unspecified atom stereocenters. The molecule has 0 fully saturated rings. The lowest BCUT2D eigenvalue weighted by Gasteiger charge is -2.14. The Labute approximate surface area is 144 Å². The number of carbonyl (C=O) groups is 2. The van der Waals surface area contributed by atoms with Crippen molar-refractivity contribution in [3.8, 4) is 0 Å². The summed E-state index contributed by atoms with van der Waals surface area (Å²) >= 11 is 1.10. The third kappa shape index (κ3) is 5.06. The summed E-state index contributed by atoms with van der Waals surface area (Å²) in [5, 5.41) is 4.47. The van der Waals surface area contributed by atoms with Crippen molar-refractivity contribution < 1.29 is 14.3 Å². The molecular weight excluding hydrogens is 328 g/mol. The van der Waals surface area contributed by atoms with Crippen LogP contribution in [0.1, 0.15) is 24.6 Å². The average molecular weight is 348 g/mol. The maximum Gasteiger partial charge on any atom is 0.308 e. The van der Waals surface area contributed by atoms with Crippen LogP contribution in [0.15, 0.2) is 40.5 Å². The maximum atomic E-state index is 12.0. The highest BCUT2D eigenvalue weighted by Gasteiger charge is 2.17. The maximum absolute atomic E-state index is 12.0. The Morgan fingerprint density at radius 2 is 2.00 bits per heavy atom. The van der Waals surface area contributed by atoms with Crippen LogP contribution in [0.2, 0.25) is 0 Å². The zero-order chi connectivity index (χ0) is 17.5. The van der Waals surface area contributed by atoms with Crippen LogP contribution in [0.3, 0.4) is 0 Å². The van der Waals surface area contributed by atoms with Gasteiger partial charge >= 0.3 is 10.8 Å². The Hall–Kier alpha value is -2.41. The summed E-state index contributed by atoms with van der Waals surface area (Å²) in [6.07, 6.45) is -0.824. The number of nitrogens with zero attached hydrogens (tertiary/aromatic N) is 1. The van der Waals surface area contributed by atoms with E-state index in [-0.39, 0.29) is 23.7 Å². The molecule has 1 N–H and O–H groups in total. The first-order valence-corrected chi connectivity index (χ1v) is 8.51. The number of aromatic nitrogens is 1. The Morgan fingerprint density at radius 1 is 1.29 bits per heavy atom. The third-order valence-electron chi connectivity index (χ3n) is 3.50. The lowest BCUT2D eigenvalue weighted by Crippen LogP contribution is -2.35. The molecule has 0 radical (unpaired) electrons. The SMILES string of the molecule is Cc1csc(=O)n1CCC(=O)O[C@H](C)C(=O)NCc1ccccc1. The molecule has 2 aromatic rings. The summed E-state index contributed by atoms with van der Waals surface area (Å²) in [7, 11) is 0. The van der Waals surface area contributed by atoms with E-state index in [2.05, 4.69) is 5.32 Å².